The maximum Gasteiger partial charge on any atom is 0.418 e. The average molecular weight is 508 g/mol. The zero-order valence-electron chi connectivity index (χ0n) is 20.0. The first kappa shape index (κ1) is 25.0. The van der Waals surface area contributed by atoms with E-state index >= 15 is 0 Å². The first-order chi connectivity index (χ1) is 16.8. The van der Waals surface area contributed by atoms with Crippen molar-refractivity contribution in [1.82, 2.24) is 14.9 Å². The molecule has 1 aromatic heterocycles. The van der Waals surface area contributed by atoms with Crippen LogP contribution in [0.3, 0.4) is 0 Å². The number of fused-ring (bicyclic) bond motifs is 1. The zero-order chi connectivity index (χ0) is 25.9. The standard InChI is InChI=1S/C26H29F4N3O3/c1-15-9-25(35,16-4-3-5-17(27)6-16)10-18(32-15)13-36-20-7-21(26(28,29)30)23-22(8-20)31-14-33(23)19-11-24(2,34)12-19/h3-8,14-15,18-19,32,34-35H,9-13H2,1-2H3/t15-,18-,19?,24?,25-/m0/s1. The van der Waals surface area contributed by atoms with Crippen LogP contribution >= 0.6 is 0 Å². The van der Waals surface area contributed by atoms with Crippen molar-refractivity contribution in [2.45, 2.75) is 75.0 Å². The van der Waals surface area contributed by atoms with E-state index < -0.39 is 28.8 Å². The van der Waals surface area contributed by atoms with Crippen LogP contribution in [0.25, 0.3) is 11.0 Å². The SMILES string of the molecule is C[C@H]1C[C@@](O)(c2cccc(F)c2)C[C@@H](COc2cc(C(F)(F)F)c3c(c2)ncn3C2CC(C)(O)C2)N1. The number of nitrogens with one attached hydrogen (secondary N) is 1. The summed E-state index contributed by atoms with van der Waals surface area (Å²) in [7, 11) is 0. The third-order valence-corrected chi connectivity index (χ3v) is 7.25. The second kappa shape index (κ2) is 8.71. The highest BCUT2D eigenvalue weighted by molar-refractivity contribution is 5.82. The van der Waals surface area contributed by atoms with E-state index in [0.717, 1.165) is 6.07 Å². The predicted octanol–water partition coefficient (Wildman–Crippen LogP) is 4.69. The van der Waals surface area contributed by atoms with Crippen LogP contribution in [-0.2, 0) is 11.8 Å². The van der Waals surface area contributed by atoms with Crippen molar-refractivity contribution in [1.29, 1.82) is 0 Å². The molecule has 0 spiro atoms. The van der Waals surface area contributed by atoms with Crippen molar-refractivity contribution < 1.29 is 32.5 Å². The van der Waals surface area contributed by atoms with Gasteiger partial charge in [-0.15, -0.1) is 0 Å². The van der Waals surface area contributed by atoms with Gasteiger partial charge in [-0.05, 0) is 63.3 Å². The van der Waals surface area contributed by atoms with Gasteiger partial charge in [-0.25, -0.2) is 9.37 Å². The summed E-state index contributed by atoms with van der Waals surface area (Å²) in [5, 5.41) is 24.6. The molecule has 1 saturated carbocycles. The van der Waals surface area contributed by atoms with E-state index in [0.29, 0.717) is 24.8 Å². The van der Waals surface area contributed by atoms with Crippen LogP contribution in [-0.4, -0.2) is 44.1 Å². The monoisotopic (exact) mass is 507 g/mol. The van der Waals surface area contributed by atoms with Crippen molar-refractivity contribution >= 4 is 11.0 Å². The van der Waals surface area contributed by atoms with Gasteiger partial charge in [-0.1, -0.05) is 12.1 Å². The highest BCUT2D eigenvalue weighted by Gasteiger charge is 2.43. The van der Waals surface area contributed by atoms with Gasteiger partial charge in [0.2, 0.25) is 0 Å². The summed E-state index contributed by atoms with van der Waals surface area (Å²) in [5.41, 5.74) is -2.43. The van der Waals surface area contributed by atoms with Crippen LogP contribution in [0.5, 0.6) is 5.75 Å². The van der Waals surface area contributed by atoms with E-state index in [1.165, 1.54) is 29.1 Å². The maximum absolute atomic E-state index is 14.0. The molecule has 194 valence electrons. The van der Waals surface area contributed by atoms with Crippen molar-refractivity contribution in [3.8, 4) is 5.75 Å². The predicted molar refractivity (Wildman–Crippen MR) is 125 cm³/mol. The lowest BCUT2D eigenvalue weighted by Crippen LogP contribution is -2.53. The Morgan fingerprint density at radius 2 is 1.89 bits per heavy atom. The Labute approximate surface area is 205 Å². The molecule has 0 bridgehead atoms. The smallest absolute Gasteiger partial charge is 0.418 e. The number of nitrogens with zero attached hydrogens (tertiary/aromatic N) is 2. The Hall–Kier alpha value is -2.69. The van der Waals surface area contributed by atoms with Crippen molar-refractivity contribution in [3.05, 3.63) is 59.7 Å². The molecule has 0 amide bonds. The molecule has 2 fully saturated rings. The molecule has 3 aromatic rings. The number of ether oxygens (including phenoxy) is 1. The van der Waals surface area contributed by atoms with Crippen LogP contribution in [0, 0.1) is 5.82 Å². The van der Waals surface area contributed by atoms with Crippen LogP contribution in [0.15, 0.2) is 42.7 Å². The van der Waals surface area contributed by atoms with E-state index in [9.17, 15) is 27.8 Å². The van der Waals surface area contributed by atoms with Gasteiger partial charge in [-0.3, -0.25) is 0 Å². The van der Waals surface area contributed by atoms with E-state index in [1.807, 2.05) is 6.92 Å². The molecular weight excluding hydrogens is 478 g/mol. The quantitative estimate of drug-likeness (QED) is 0.437. The fourth-order valence-corrected chi connectivity index (χ4v) is 5.71. The highest BCUT2D eigenvalue weighted by Crippen LogP contribution is 2.45. The number of aromatic nitrogens is 2. The largest absolute Gasteiger partial charge is 0.492 e. The lowest BCUT2D eigenvalue weighted by Gasteiger charge is -2.42. The number of halogens is 4. The van der Waals surface area contributed by atoms with Gasteiger partial charge in [-0.2, -0.15) is 13.2 Å². The number of imidazole rings is 1. The molecule has 10 heteroatoms. The highest BCUT2D eigenvalue weighted by atomic mass is 19.4. The van der Waals surface area contributed by atoms with Crippen molar-refractivity contribution in [2.24, 2.45) is 0 Å². The molecule has 0 unspecified atom stereocenters. The minimum atomic E-state index is -4.63. The van der Waals surface area contributed by atoms with Crippen molar-refractivity contribution in [3.63, 3.8) is 0 Å². The topological polar surface area (TPSA) is 79.5 Å². The van der Waals surface area contributed by atoms with Gasteiger partial charge in [0.05, 0.1) is 34.1 Å². The van der Waals surface area contributed by atoms with E-state index in [4.69, 9.17) is 4.74 Å². The third kappa shape index (κ3) is 4.81. The van der Waals surface area contributed by atoms with E-state index in [1.54, 1.807) is 19.1 Å². The number of benzene rings is 2. The number of alkyl halides is 3. The summed E-state index contributed by atoms with van der Waals surface area (Å²) in [6, 6.07) is 7.51. The zero-order valence-corrected chi connectivity index (χ0v) is 20.0. The fraction of sp³-hybridized carbons (Fsp3) is 0.500. The van der Waals surface area contributed by atoms with Gasteiger partial charge in [0.25, 0.3) is 0 Å². The Morgan fingerprint density at radius 1 is 1.14 bits per heavy atom. The number of rotatable bonds is 5. The van der Waals surface area contributed by atoms with Gasteiger partial charge < -0.3 is 24.8 Å². The van der Waals surface area contributed by atoms with Crippen LogP contribution in [0.4, 0.5) is 17.6 Å². The van der Waals surface area contributed by atoms with Crippen LogP contribution in [0.2, 0.25) is 0 Å². The van der Waals surface area contributed by atoms with Crippen LogP contribution in [0.1, 0.15) is 56.7 Å². The second-order valence-electron chi connectivity index (χ2n) is 10.6. The molecule has 0 radical (unpaired) electrons. The molecule has 2 aromatic carbocycles. The maximum atomic E-state index is 14.0. The second-order valence-corrected chi connectivity index (χ2v) is 10.6. The first-order valence-corrected chi connectivity index (χ1v) is 12.0. The van der Waals surface area contributed by atoms with E-state index in [-0.39, 0.29) is 47.9 Å². The Kier molecular flexibility index (Phi) is 6.04. The van der Waals surface area contributed by atoms with Gasteiger partial charge in [0.15, 0.2) is 0 Å². The minimum absolute atomic E-state index is 0.0109. The summed E-state index contributed by atoms with van der Waals surface area (Å²) in [6.07, 6.45) is -1.96. The first-order valence-electron chi connectivity index (χ1n) is 12.0. The Bertz CT molecular complexity index is 1270. The molecule has 5 rings (SSSR count). The van der Waals surface area contributed by atoms with Gasteiger partial charge in [0, 0.05) is 24.2 Å². The lowest BCUT2D eigenvalue weighted by molar-refractivity contribution is -0.136. The Morgan fingerprint density at radius 3 is 2.56 bits per heavy atom. The molecule has 2 aliphatic rings. The minimum Gasteiger partial charge on any atom is -0.492 e. The molecular formula is C26H29F4N3O3. The molecule has 1 aliphatic carbocycles. The molecule has 1 saturated heterocycles. The fourth-order valence-electron chi connectivity index (χ4n) is 5.71. The molecule has 1 aliphatic heterocycles. The summed E-state index contributed by atoms with van der Waals surface area (Å²) in [6.45, 7) is 3.56. The van der Waals surface area contributed by atoms with Crippen LogP contribution < -0.4 is 10.1 Å². The lowest BCUT2D eigenvalue weighted by atomic mass is 9.77. The third-order valence-electron chi connectivity index (χ3n) is 7.25. The summed E-state index contributed by atoms with van der Waals surface area (Å²) in [5.74, 6) is -0.423. The molecule has 36 heavy (non-hydrogen) atoms. The molecule has 3 N–H and O–H groups in total. The number of aliphatic hydroxyl groups is 2. The molecule has 3 atom stereocenters. The summed E-state index contributed by atoms with van der Waals surface area (Å²) >= 11 is 0. The summed E-state index contributed by atoms with van der Waals surface area (Å²) < 4.78 is 63.2. The number of hydrogen-bond acceptors (Lipinski definition) is 5. The Balaban J connectivity index is 1.38. The normalized spacial score (nSPS) is 30.8. The van der Waals surface area contributed by atoms with Gasteiger partial charge in [0.1, 0.15) is 18.2 Å². The molecule has 6 nitrogen and oxygen atoms in total. The van der Waals surface area contributed by atoms with E-state index in [2.05, 4.69) is 10.3 Å². The molecule has 2 heterocycles. The number of piperidine rings is 1. The summed E-state index contributed by atoms with van der Waals surface area (Å²) in [4.78, 5) is 4.19. The average Bonchev–Trinajstić information content (AvgIpc) is 3.18. The van der Waals surface area contributed by atoms with Gasteiger partial charge >= 0.3 is 6.18 Å². The van der Waals surface area contributed by atoms with Crippen molar-refractivity contribution in [2.75, 3.05) is 6.61 Å². The number of hydrogen-bond donors (Lipinski definition) is 3.